The summed E-state index contributed by atoms with van der Waals surface area (Å²) < 4.78 is 0. The summed E-state index contributed by atoms with van der Waals surface area (Å²) in [6.07, 6.45) is 6.24. The number of Topliss-reactive ketones (excluding diaryl/α,β-unsaturated/α-hetero) is 1. The Bertz CT molecular complexity index is 321. The lowest BCUT2D eigenvalue weighted by atomic mass is 9.62. The lowest BCUT2D eigenvalue weighted by Crippen LogP contribution is -2.37. The molecule has 15 heavy (non-hydrogen) atoms. The van der Waals surface area contributed by atoms with Crippen molar-refractivity contribution in [3.05, 3.63) is 0 Å². The van der Waals surface area contributed by atoms with Gasteiger partial charge in [0.25, 0.3) is 0 Å². The first kappa shape index (κ1) is 9.86. The molecule has 3 rings (SSSR count). The fourth-order valence-corrected chi connectivity index (χ4v) is 5.50. The maximum absolute atomic E-state index is 12.0. The molecule has 0 amide bonds. The number of carbonyl (C=O) groups excluding carboxylic acids is 1. The lowest BCUT2D eigenvalue weighted by molar-refractivity contribution is -0.122. The second kappa shape index (κ2) is 2.67. The van der Waals surface area contributed by atoms with Gasteiger partial charge in [0.2, 0.25) is 0 Å². The maximum atomic E-state index is 12.0. The van der Waals surface area contributed by atoms with Crippen LogP contribution >= 0.6 is 0 Å². The first-order valence-electron chi connectivity index (χ1n) is 6.54. The Morgan fingerprint density at radius 1 is 1.20 bits per heavy atom. The molecule has 0 aromatic heterocycles. The number of ketones is 1. The van der Waals surface area contributed by atoms with E-state index in [0.29, 0.717) is 22.5 Å². The summed E-state index contributed by atoms with van der Waals surface area (Å²) in [6, 6.07) is 0. The highest BCUT2D eigenvalue weighted by atomic mass is 16.1. The Morgan fingerprint density at radius 2 is 1.93 bits per heavy atom. The molecular weight excluding hydrogens is 184 g/mol. The van der Waals surface area contributed by atoms with Crippen molar-refractivity contribution >= 4 is 5.78 Å². The molecule has 0 saturated heterocycles. The lowest BCUT2D eigenvalue weighted by Gasteiger charge is -2.41. The van der Waals surface area contributed by atoms with Gasteiger partial charge in [0.1, 0.15) is 5.78 Å². The van der Waals surface area contributed by atoms with Crippen molar-refractivity contribution in [3.63, 3.8) is 0 Å². The van der Waals surface area contributed by atoms with Crippen LogP contribution in [0.1, 0.15) is 52.9 Å². The molecule has 5 atom stereocenters. The molecule has 84 valence electrons. The molecule has 3 saturated carbocycles. The van der Waals surface area contributed by atoms with Crippen LogP contribution in [-0.4, -0.2) is 5.78 Å². The summed E-state index contributed by atoms with van der Waals surface area (Å²) in [6.45, 7) is 7.01. The van der Waals surface area contributed by atoms with Crippen LogP contribution in [0.3, 0.4) is 0 Å². The van der Waals surface area contributed by atoms with Gasteiger partial charge < -0.3 is 0 Å². The van der Waals surface area contributed by atoms with Crippen LogP contribution in [0.25, 0.3) is 0 Å². The average Bonchev–Trinajstić information content (AvgIpc) is 2.70. The van der Waals surface area contributed by atoms with Gasteiger partial charge in [-0.05, 0) is 48.3 Å². The van der Waals surface area contributed by atoms with Gasteiger partial charge in [-0.25, -0.2) is 0 Å². The van der Waals surface area contributed by atoms with E-state index in [2.05, 4.69) is 20.8 Å². The third kappa shape index (κ3) is 0.893. The average molecular weight is 206 g/mol. The van der Waals surface area contributed by atoms with Crippen LogP contribution < -0.4 is 0 Å². The van der Waals surface area contributed by atoms with Gasteiger partial charge in [0, 0.05) is 12.3 Å². The van der Waals surface area contributed by atoms with E-state index in [1.165, 1.54) is 25.7 Å². The first-order chi connectivity index (χ1) is 7.01. The van der Waals surface area contributed by atoms with Gasteiger partial charge >= 0.3 is 0 Å². The zero-order valence-electron chi connectivity index (χ0n) is 10.2. The third-order valence-electron chi connectivity index (χ3n) is 6.31. The van der Waals surface area contributed by atoms with Crippen LogP contribution in [0.2, 0.25) is 0 Å². The van der Waals surface area contributed by atoms with Gasteiger partial charge in [-0.15, -0.1) is 0 Å². The normalized spacial score (nSPS) is 58.3. The Labute approximate surface area is 92.6 Å². The molecule has 1 unspecified atom stereocenters. The van der Waals surface area contributed by atoms with E-state index in [9.17, 15) is 4.79 Å². The van der Waals surface area contributed by atoms with E-state index in [4.69, 9.17) is 0 Å². The largest absolute Gasteiger partial charge is 0.299 e. The molecule has 0 aromatic rings. The molecule has 0 aromatic carbocycles. The van der Waals surface area contributed by atoms with Gasteiger partial charge in [0.05, 0.1) is 0 Å². The summed E-state index contributed by atoms with van der Waals surface area (Å²) in [4.78, 5) is 12.0. The molecule has 1 heteroatoms. The van der Waals surface area contributed by atoms with Crippen molar-refractivity contribution in [1.82, 2.24) is 0 Å². The molecule has 1 spiro atoms. The number of rotatable bonds is 0. The summed E-state index contributed by atoms with van der Waals surface area (Å²) in [5.74, 6) is 2.61. The molecule has 3 aliphatic rings. The van der Waals surface area contributed by atoms with Crippen molar-refractivity contribution < 1.29 is 4.79 Å². The van der Waals surface area contributed by atoms with Crippen molar-refractivity contribution in [2.24, 2.45) is 28.6 Å². The molecule has 0 radical (unpaired) electrons. The Morgan fingerprint density at radius 3 is 2.67 bits per heavy atom. The van der Waals surface area contributed by atoms with Crippen molar-refractivity contribution in [2.75, 3.05) is 0 Å². The molecule has 0 bridgehead atoms. The van der Waals surface area contributed by atoms with Crippen LogP contribution in [0.15, 0.2) is 0 Å². The third-order valence-corrected chi connectivity index (χ3v) is 6.31. The smallest absolute Gasteiger partial charge is 0.136 e. The summed E-state index contributed by atoms with van der Waals surface area (Å²) in [5, 5.41) is 0. The second-order valence-electron chi connectivity index (χ2n) is 6.63. The van der Waals surface area contributed by atoms with Crippen LogP contribution in [0.5, 0.6) is 0 Å². The Kier molecular flexibility index (Phi) is 1.76. The molecule has 3 aliphatic carbocycles. The summed E-state index contributed by atoms with van der Waals surface area (Å²) >= 11 is 0. The summed E-state index contributed by atoms with van der Waals surface area (Å²) in [7, 11) is 0. The number of carbonyl (C=O) groups is 1. The summed E-state index contributed by atoms with van der Waals surface area (Å²) in [5.41, 5.74) is 0.766. The monoisotopic (exact) mass is 206 g/mol. The second-order valence-corrected chi connectivity index (χ2v) is 6.63. The minimum Gasteiger partial charge on any atom is -0.299 e. The van der Waals surface area contributed by atoms with Crippen molar-refractivity contribution in [1.29, 1.82) is 0 Å². The highest BCUT2D eigenvalue weighted by Gasteiger charge is 2.68. The predicted octanol–water partition coefficient (Wildman–Crippen LogP) is 3.43. The van der Waals surface area contributed by atoms with E-state index in [-0.39, 0.29) is 0 Å². The first-order valence-corrected chi connectivity index (χ1v) is 6.54. The highest BCUT2D eigenvalue weighted by Crippen LogP contribution is 2.73. The predicted molar refractivity (Wildman–Crippen MR) is 60.5 cm³/mol. The van der Waals surface area contributed by atoms with E-state index in [1.54, 1.807) is 0 Å². The van der Waals surface area contributed by atoms with E-state index in [1.807, 2.05) is 0 Å². The van der Waals surface area contributed by atoms with Crippen LogP contribution in [-0.2, 0) is 4.79 Å². The number of hydrogen-bond donors (Lipinski definition) is 0. The van der Waals surface area contributed by atoms with Gasteiger partial charge in [-0.2, -0.15) is 0 Å². The molecule has 0 aliphatic heterocycles. The van der Waals surface area contributed by atoms with Crippen molar-refractivity contribution in [2.45, 2.75) is 52.9 Å². The zero-order valence-corrected chi connectivity index (χ0v) is 10.2. The van der Waals surface area contributed by atoms with E-state index >= 15 is 0 Å². The molecule has 0 heterocycles. The van der Waals surface area contributed by atoms with E-state index < -0.39 is 0 Å². The molecule has 3 fully saturated rings. The Balaban J connectivity index is 2.11. The molecule has 1 nitrogen and oxygen atoms in total. The topological polar surface area (TPSA) is 17.1 Å². The van der Waals surface area contributed by atoms with Crippen molar-refractivity contribution in [3.8, 4) is 0 Å². The SMILES string of the molecule is CC1C(=O)C[C@]2(C)CC[C@H]3[C@H](C)CC[C@]132. The molecular formula is C14H22O. The van der Waals surface area contributed by atoms with E-state index in [0.717, 1.165) is 18.3 Å². The minimum atomic E-state index is 0.347. The standard InChI is InChI=1S/C14H22O/c1-9-4-7-14-10(2)12(15)8-13(14,3)6-5-11(9)14/h9-11H,4-8H2,1-3H3/t9-,10?,11+,13+,14+/m1/s1. The maximum Gasteiger partial charge on any atom is 0.136 e. The fourth-order valence-electron chi connectivity index (χ4n) is 5.50. The zero-order chi connectivity index (χ0) is 10.8. The quantitative estimate of drug-likeness (QED) is 0.593. The molecule has 0 N–H and O–H groups in total. The fraction of sp³-hybridized carbons (Fsp3) is 0.929. The Hall–Kier alpha value is -0.330. The minimum absolute atomic E-state index is 0.347. The van der Waals surface area contributed by atoms with Gasteiger partial charge in [-0.1, -0.05) is 20.8 Å². The highest BCUT2D eigenvalue weighted by molar-refractivity contribution is 5.85. The van der Waals surface area contributed by atoms with Gasteiger partial charge in [0.15, 0.2) is 0 Å². The van der Waals surface area contributed by atoms with Crippen LogP contribution in [0.4, 0.5) is 0 Å². The van der Waals surface area contributed by atoms with Crippen LogP contribution in [0, 0.1) is 28.6 Å². The number of hydrogen-bond acceptors (Lipinski definition) is 1. The van der Waals surface area contributed by atoms with Gasteiger partial charge in [-0.3, -0.25) is 4.79 Å².